The molecule has 7 nitrogen and oxygen atoms in total. The predicted molar refractivity (Wildman–Crippen MR) is 115 cm³/mol. The molecule has 2 aromatic rings. The van der Waals surface area contributed by atoms with Crippen LogP contribution in [0.25, 0.3) is 6.08 Å². The summed E-state index contributed by atoms with van der Waals surface area (Å²) in [6.45, 7) is 0.211. The lowest BCUT2D eigenvalue weighted by atomic mass is 10.1. The van der Waals surface area contributed by atoms with Gasteiger partial charge in [0, 0.05) is 6.07 Å². The molecule has 1 aromatic heterocycles. The van der Waals surface area contributed by atoms with Gasteiger partial charge in [0.2, 0.25) is 5.88 Å². The number of halogens is 1. The van der Waals surface area contributed by atoms with Gasteiger partial charge in [-0.1, -0.05) is 41.6 Å². The van der Waals surface area contributed by atoms with Gasteiger partial charge in [-0.3, -0.25) is 9.59 Å². The first-order valence-corrected chi connectivity index (χ1v) is 10.1. The van der Waals surface area contributed by atoms with E-state index in [0.29, 0.717) is 26.5 Å². The molecular formula is C19H14ClN3O4S2. The molecule has 1 N–H and O–H groups in total. The summed E-state index contributed by atoms with van der Waals surface area (Å²) < 4.78 is 11.1. The molecule has 0 unspecified atom stereocenters. The molecule has 29 heavy (non-hydrogen) atoms. The number of hydrogen-bond donors (Lipinski definition) is 1. The van der Waals surface area contributed by atoms with Crippen molar-refractivity contribution in [3.8, 4) is 11.6 Å². The third-order valence-electron chi connectivity index (χ3n) is 4.25. The van der Waals surface area contributed by atoms with Crippen molar-refractivity contribution in [2.75, 3.05) is 18.6 Å². The summed E-state index contributed by atoms with van der Waals surface area (Å²) in [4.78, 5) is 30.6. The van der Waals surface area contributed by atoms with Crippen LogP contribution < -0.4 is 19.7 Å². The van der Waals surface area contributed by atoms with Crippen molar-refractivity contribution >= 4 is 63.5 Å². The molecule has 0 aliphatic carbocycles. The zero-order valence-corrected chi connectivity index (χ0v) is 17.5. The lowest BCUT2D eigenvalue weighted by Crippen LogP contribution is -2.38. The van der Waals surface area contributed by atoms with E-state index in [2.05, 4.69) is 10.3 Å². The topological polar surface area (TPSA) is 80.8 Å². The number of hydrogen-bond acceptors (Lipinski definition) is 7. The Morgan fingerprint density at radius 3 is 2.93 bits per heavy atom. The van der Waals surface area contributed by atoms with Crippen LogP contribution in [0.5, 0.6) is 11.6 Å². The first kappa shape index (κ1) is 19.7. The number of thiocarbonyl (C=S) groups is 1. The van der Waals surface area contributed by atoms with Crippen molar-refractivity contribution in [3.63, 3.8) is 0 Å². The quantitative estimate of drug-likeness (QED) is 0.438. The highest BCUT2D eigenvalue weighted by Gasteiger charge is 2.27. The van der Waals surface area contributed by atoms with E-state index in [1.807, 2.05) is 6.07 Å². The van der Waals surface area contributed by atoms with Crippen molar-refractivity contribution < 1.29 is 19.1 Å². The lowest BCUT2D eigenvalue weighted by Gasteiger charge is -2.30. The van der Waals surface area contributed by atoms with Gasteiger partial charge in [0.25, 0.3) is 11.8 Å². The Labute approximate surface area is 181 Å². The number of nitrogens with one attached hydrogen (secondary N) is 1. The molecule has 10 heteroatoms. The molecule has 2 aliphatic heterocycles. The number of amides is 2. The highest BCUT2D eigenvalue weighted by molar-refractivity contribution is 8.26. The average molecular weight is 448 g/mol. The maximum Gasteiger partial charge on any atom is 0.265 e. The first-order chi connectivity index (χ1) is 13.9. The Balaban J connectivity index is 1.68. The van der Waals surface area contributed by atoms with Gasteiger partial charge in [-0.2, -0.15) is 0 Å². The summed E-state index contributed by atoms with van der Waals surface area (Å²) >= 11 is 12.3. The molecule has 2 aliphatic rings. The van der Waals surface area contributed by atoms with E-state index in [1.54, 1.807) is 35.2 Å². The minimum Gasteiger partial charge on any atom is -0.482 e. The molecule has 0 radical (unpaired) electrons. The van der Waals surface area contributed by atoms with Crippen molar-refractivity contribution in [2.24, 2.45) is 0 Å². The molecule has 0 saturated carbocycles. The SMILES string of the molecule is COc1cc(CN2C(=O)COc3ccc(C=C4SC(=S)NC4=O)cc32)cc(Cl)n1. The zero-order valence-electron chi connectivity index (χ0n) is 15.1. The van der Waals surface area contributed by atoms with Crippen molar-refractivity contribution in [3.05, 3.63) is 51.5 Å². The fourth-order valence-corrected chi connectivity index (χ4v) is 4.22. The summed E-state index contributed by atoms with van der Waals surface area (Å²) in [7, 11) is 1.50. The van der Waals surface area contributed by atoms with Crippen LogP contribution in [-0.2, 0) is 16.1 Å². The van der Waals surface area contributed by atoms with Crippen molar-refractivity contribution in [1.29, 1.82) is 0 Å². The molecule has 1 saturated heterocycles. The fourth-order valence-electron chi connectivity index (χ4n) is 2.96. The second-order valence-electron chi connectivity index (χ2n) is 6.19. The lowest BCUT2D eigenvalue weighted by molar-refractivity contribution is -0.121. The fraction of sp³-hybridized carbons (Fsp3) is 0.158. The van der Waals surface area contributed by atoms with Crippen LogP contribution >= 0.6 is 35.6 Å². The van der Waals surface area contributed by atoms with Gasteiger partial charge in [0.15, 0.2) is 6.61 Å². The Morgan fingerprint density at radius 2 is 2.21 bits per heavy atom. The van der Waals surface area contributed by atoms with Crippen LogP contribution in [0.15, 0.2) is 35.2 Å². The van der Waals surface area contributed by atoms with E-state index >= 15 is 0 Å². The number of methoxy groups -OCH3 is 1. The maximum atomic E-state index is 12.6. The van der Waals surface area contributed by atoms with Crippen LogP contribution in [0.4, 0.5) is 5.69 Å². The third kappa shape index (κ3) is 4.21. The normalized spacial score (nSPS) is 17.2. The van der Waals surface area contributed by atoms with Crippen molar-refractivity contribution in [2.45, 2.75) is 6.54 Å². The maximum absolute atomic E-state index is 12.6. The Morgan fingerprint density at radius 1 is 1.38 bits per heavy atom. The molecular weight excluding hydrogens is 434 g/mol. The number of rotatable bonds is 4. The smallest absolute Gasteiger partial charge is 0.265 e. The third-order valence-corrected chi connectivity index (χ3v) is 5.60. The molecule has 4 rings (SSSR count). The summed E-state index contributed by atoms with van der Waals surface area (Å²) in [5.74, 6) is 0.522. The monoisotopic (exact) mass is 447 g/mol. The highest BCUT2D eigenvalue weighted by Crippen LogP contribution is 2.36. The number of anilines is 1. The Hall–Kier alpha value is -2.62. The largest absolute Gasteiger partial charge is 0.482 e. The number of carbonyl (C=O) groups is 2. The van der Waals surface area contributed by atoms with Crippen LogP contribution in [0.3, 0.4) is 0 Å². The van der Waals surface area contributed by atoms with E-state index in [0.717, 1.165) is 11.1 Å². The number of pyridine rings is 1. The number of aromatic nitrogens is 1. The second-order valence-corrected chi connectivity index (χ2v) is 8.29. The number of benzene rings is 1. The summed E-state index contributed by atoms with van der Waals surface area (Å²) in [6.07, 6.45) is 1.73. The molecule has 0 atom stereocenters. The minimum absolute atomic E-state index is 0.0596. The standard InChI is InChI=1S/C19H14ClN3O4S2/c1-26-16-7-11(6-15(20)21-16)8-23-12-4-10(2-3-13(12)27-9-17(23)24)5-14-18(25)22-19(28)29-14/h2-7H,8-9H2,1H3,(H,22,25,28). The van der Waals surface area contributed by atoms with Crippen LogP contribution in [-0.4, -0.2) is 34.8 Å². The van der Waals surface area contributed by atoms with E-state index in [9.17, 15) is 9.59 Å². The molecule has 148 valence electrons. The van der Waals surface area contributed by atoms with E-state index in [1.165, 1.54) is 18.9 Å². The van der Waals surface area contributed by atoms with Crippen molar-refractivity contribution in [1.82, 2.24) is 10.3 Å². The van der Waals surface area contributed by atoms with Crippen LogP contribution in [0.2, 0.25) is 5.15 Å². The first-order valence-electron chi connectivity index (χ1n) is 8.45. The molecule has 1 fully saturated rings. The van der Waals surface area contributed by atoms with Gasteiger partial charge in [-0.05, 0) is 35.4 Å². The van der Waals surface area contributed by atoms with E-state index in [-0.39, 0.29) is 30.1 Å². The summed E-state index contributed by atoms with van der Waals surface area (Å²) in [6, 6.07) is 8.80. The van der Waals surface area contributed by atoms with E-state index in [4.69, 9.17) is 33.3 Å². The van der Waals surface area contributed by atoms with Gasteiger partial charge in [0.1, 0.15) is 15.2 Å². The number of carbonyl (C=O) groups excluding carboxylic acids is 2. The van der Waals surface area contributed by atoms with Gasteiger partial charge in [-0.25, -0.2) is 4.98 Å². The Bertz CT molecular complexity index is 1070. The van der Waals surface area contributed by atoms with Gasteiger partial charge < -0.3 is 19.7 Å². The number of thioether (sulfide) groups is 1. The second kappa shape index (κ2) is 8.02. The minimum atomic E-state index is -0.236. The van der Waals surface area contributed by atoms with Crippen LogP contribution in [0.1, 0.15) is 11.1 Å². The number of ether oxygens (including phenoxy) is 2. The molecule has 0 spiro atoms. The molecule has 1 aromatic carbocycles. The van der Waals surface area contributed by atoms with E-state index < -0.39 is 0 Å². The highest BCUT2D eigenvalue weighted by atomic mass is 35.5. The van der Waals surface area contributed by atoms with Gasteiger partial charge >= 0.3 is 0 Å². The van der Waals surface area contributed by atoms with Gasteiger partial charge in [0.05, 0.1) is 24.2 Å². The molecule has 3 heterocycles. The number of fused-ring (bicyclic) bond motifs is 1. The summed E-state index contributed by atoms with van der Waals surface area (Å²) in [5.41, 5.74) is 2.12. The zero-order chi connectivity index (χ0) is 20.5. The predicted octanol–water partition coefficient (Wildman–Crippen LogP) is 3.16. The molecule has 2 amide bonds. The summed E-state index contributed by atoms with van der Waals surface area (Å²) in [5, 5.41) is 2.86. The number of nitrogens with zero attached hydrogens (tertiary/aromatic N) is 2. The van der Waals surface area contributed by atoms with Gasteiger partial charge in [-0.15, -0.1) is 0 Å². The van der Waals surface area contributed by atoms with Crippen LogP contribution in [0, 0.1) is 0 Å². The average Bonchev–Trinajstić information content (AvgIpc) is 3.00. The Kier molecular flexibility index (Phi) is 5.44. The molecule has 0 bridgehead atoms.